The van der Waals surface area contributed by atoms with E-state index in [1.165, 1.54) is 6.07 Å². The number of carboxylic acid groups (broad SMARTS) is 1. The van der Waals surface area contributed by atoms with Gasteiger partial charge in [0.1, 0.15) is 17.8 Å². The zero-order valence-electron chi connectivity index (χ0n) is 9.84. The molecule has 6 heteroatoms. The Kier molecular flexibility index (Phi) is 4.34. The highest BCUT2D eigenvalue weighted by Gasteiger charge is 2.18. The van der Waals surface area contributed by atoms with Gasteiger partial charge in [-0.1, -0.05) is 20.3 Å². The monoisotopic (exact) mass is 260 g/mol. The fourth-order valence-corrected chi connectivity index (χ4v) is 3.20. The summed E-state index contributed by atoms with van der Waals surface area (Å²) in [7, 11) is -3.25. The summed E-state index contributed by atoms with van der Waals surface area (Å²) in [5, 5.41) is 8.67. The van der Waals surface area contributed by atoms with Crippen molar-refractivity contribution in [1.82, 2.24) is 0 Å². The fraction of sp³-hybridized carbons (Fsp3) is 0.545. The molecule has 0 aliphatic heterocycles. The van der Waals surface area contributed by atoms with Crippen LogP contribution in [0.15, 0.2) is 16.7 Å². The SMILES string of the molecule is CCC(C)CS(=O)(=O)Cc1cc(C(=O)O)co1. The lowest BCUT2D eigenvalue weighted by molar-refractivity contribution is 0.0696. The summed E-state index contributed by atoms with van der Waals surface area (Å²) in [6.07, 6.45) is 1.84. The van der Waals surface area contributed by atoms with E-state index < -0.39 is 15.8 Å². The molecule has 1 heterocycles. The van der Waals surface area contributed by atoms with Crippen LogP contribution in [0.4, 0.5) is 0 Å². The fourth-order valence-electron chi connectivity index (χ4n) is 1.40. The van der Waals surface area contributed by atoms with Crippen LogP contribution in [-0.4, -0.2) is 25.2 Å². The van der Waals surface area contributed by atoms with Crippen LogP contribution in [0.2, 0.25) is 0 Å². The predicted octanol–water partition coefficient (Wildman–Crippen LogP) is 1.94. The van der Waals surface area contributed by atoms with Gasteiger partial charge in [0, 0.05) is 0 Å². The molecule has 1 aromatic heterocycles. The van der Waals surface area contributed by atoms with Gasteiger partial charge in [0.2, 0.25) is 0 Å². The molecule has 1 atom stereocenters. The molecule has 1 aromatic rings. The molecule has 1 N–H and O–H groups in total. The van der Waals surface area contributed by atoms with Crippen LogP contribution in [-0.2, 0) is 15.6 Å². The van der Waals surface area contributed by atoms with E-state index in [1.807, 2.05) is 13.8 Å². The van der Waals surface area contributed by atoms with E-state index in [0.717, 1.165) is 12.7 Å². The molecule has 0 bridgehead atoms. The number of hydrogen-bond donors (Lipinski definition) is 1. The smallest absolute Gasteiger partial charge is 0.338 e. The zero-order valence-corrected chi connectivity index (χ0v) is 10.7. The van der Waals surface area contributed by atoms with Gasteiger partial charge in [-0.3, -0.25) is 0 Å². The number of hydrogen-bond acceptors (Lipinski definition) is 4. The average Bonchev–Trinajstić information content (AvgIpc) is 2.64. The minimum atomic E-state index is -3.25. The van der Waals surface area contributed by atoms with Crippen LogP contribution < -0.4 is 0 Å². The molecule has 0 spiro atoms. The maximum Gasteiger partial charge on any atom is 0.338 e. The first-order valence-corrected chi connectivity index (χ1v) is 7.17. The molecule has 1 unspecified atom stereocenters. The van der Waals surface area contributed by atoms with Crippen molar-refractivity contribution in [1.29, 1.82) is 0 Å². The molecule has 0 aliphatic rings. The quantitative estimate of drug-likeness (QED) is 0.844. The molecule has 1 rings (SSSR count). The second-order valence-corrected chi connectivity index (χ2v) is 6.28. The molecule has 0 fully saturated rings. The molecule has 0 amide bonds. The standard InChI is InChI=1S/C11H16O5S/c1-3-8(2)6-17(14,15)7-10-4-9(5-16-10)11(12)13/h4-5,8H,3,6-7H2,1-2H3,(H,12,13). The van der Waals surface area contributed by atoms with Crippen molar-refractivity contribution in [3.05, 3.63) is 23.7 Å². The third-order valence-electron chi connectivity index (χ3n) is 2.50. The maximum atomic E-state index is 11.7. The van der Waals surface area contributed by atoms with Gasteiger partial charge in [-0.15, -0.1) is 0 Å². The zero-order chi connectivity index (χ0) is 13.1. The van der Waals surface area contributed by atoms with E-state index in [1.54, 1.807) is 0 Å². The number of rotatable bonds is 6. The van der Waals surface area contributed by atoms with Gasteiger partial charge >= 0.3 is 5.97 Å². The molecule has 0 aromatic carbocycles. The van der Waals surface area contributed by atoms with Gasteiger partial charge in [0.05, 0.1) is 11.3 Å². The van der Waals surface area contributed by atoms with Crippen molar-refractivity contribution in [2.45, 2.75) is 26.0 Å². The number of aromatic carboxylic acids is 1. The van der Waals surface area contributed by atoms with Gasteiger partial charge in [0.15, 0.2) is 9.84 Å². The van der Waals surface area contributed by atoms with Crippen LogP contribution in [0, 0.1) is 5.92 Å². The highest BCUT2D eigenvalue weighted by atomic mass is 32.2. The summed E-state index contributed by atoms with van der Waals surface area (Å²) < 4.78 is 28.4. The van der Waals surface area contributed by atoms with Gasteiger partial charge < -0.3 is 9.52 Å². The van der Waals surface area contributed by atoms with Crippen LogP contribution >= 0.6 is 0 Å². The highest BCUT2D eigenvalue weighted by Crippen LogP contribution is 2.14. The molecule has 0 aliphatic carbocycles. The van der Waals surface area contributed by atoms with Crippen LogP contribution in [0.25, 0.3) is 0 Å². The molecule has 0 radical (unpaired) electrons. The first-order chi connectivity index (χ1) is 7.84. The Labute approximate surface area is 100 Å². The van der Waals surface area contributed by atoms with E-state index in [-0.39, 0.29) is 28.7 Å². The lowest BCUT2D eigenvalue weighted by Gasteiger charge is -2.07. The summed E-state index contributed by atoms with van der Waals surface area (Å²) in [6, 6.07) is 1.25. The average molecular weight is 260 g/mol. The predicted molar refractivity (Wildman–Crippen MR) is 62.6 cm³/mol. The third kappa shape index (κ3) is 4.22. The summed E-state index contributed by atoms with van der Waals surface area (Å²) in [4.78, 5) is 10.6. The van der Waals surface area contributed by atoms with Crippen molar-refractivity contribution in [2.24, 2.45) is 5.92 Å². The summed E-state index contributed by atoms with van der Waals surface area (Å²) >= 11 is 0. The van der Waals surface area contributed by atoms with Gasteiger partial charge in [-0.2, -0.15) is 0 Å². The Morgan fingerprint density at radius 3 is 2.65 bits per heavy atom. The Morgan fingerprint density at radius 2 is 2.18 bits per heavy atom. The molecule has 0 saturated carbocycles. The van der Waals surface area contributed by atoms with Crippen molar-refractivity contribution in [2.75, 3.05) is 5.75 Å². The third-order valence-corrected chi connectivity index (χ3v) is 4.30. The van der Waals surface area contributed by atoms with Gasteiger partial charge in [-0.05, 0) is 12.0 Å². The van der Waals surface area contributed by atoms with Crippen LogP contribution in [0.5, 0.6) is 0 Å². The topological polar surface area (TPSA) is 84.6 Å². The molecule has 5 nitrogen and oxygen atoms in total. The minimum absolute atomic E-state index is 0.0289. The van der Waals surface area contributed by atoms with Crippen LogP contribution in [0.3, 0.4) is 0 Å². The second kappa shape index (κ2) is 5.35. The Hall–Kier alpha value is -1.30. The van der Waals surface area contributed by atoms with Crippen molar-refractivity contribution < 1.29 is 22.7 Å². The largest absolute Gasteiger partial charge is 0.478 e. The molecule has 96 valence electrons. The van der Waals surface area contributed by atoms with E-state index >= 15 is 0 Å². The lowest BCUT2D eigenvalue weighted by atomic mass is 10.2. The normalized spacial score (nSPS) is 13.5. The first-order valence-electron chi connectivity index (χ1n) is 5.35. The molecule has 17 heavy (non-hydrogen) atoms. The minimum Gasteiger partial charge on any atom is -0.478 e. The van der Waals surface area contributed by atoms with E-state index in [2.05, 4.69) is 0 Å². The number of carbonyl (C=O) groups is 1. The summed E-state index contributed by atoms with van der Waals surface area (Å²) in [6.45, 7) is 3.79. The molecular weight excluding hydrogens is 244 g/mol. The van der Waals surface area contributed by atoms with E-state index in [0.29, 0.717) is 0 Å². The number of furan rings is 1. The number of carboxylic acids is 1. The Morgan fingerprint density at radius 1 is 1.53 bits per heavy atom. The number of sulfone groups is 1. The van der Waals surface area contributed by atoms with Crippen molar-refractivity contribution in [3.8, 4) is 0 Å². The maximum absolute atomic E-state index is 11.7. The molecular formula is C11H16O5S. The summed E-state index contributed by atoms with van der Waals surface area (Å²) in [5.74, 6) is -1.02. The van der Waals surface area contributed by atoms with Crippen LogP contribution in [0.1, 0.15) is 36.4 Å². The summed E-state index contributed by atoms with van der Waals surface area (Å²) in [5.41, 5.74) is -0.0289. The van der Waals surface area contributed by atoms with Gasteiger partial charge in [-0.25, -0.2) is 13.2 Å². The first kappa shape index (κ1) is 13.8. The molecule has 0 saturated heterocycles. The van der Waals surface area contributed by atoms with Crippen molar-refractivity contribution in [3.63, 3.8) is 0 Å². The van der Waals surface area contributed by atoms with Crippen molar-refractivity contribution >= 4 is 15.8 Å². The van der Waals surface area contributed by atoms with E-state index in [9.17, 15) is 13.2 Å². The second-order valence-electron chi connectivity index (χ2n) is 4.17. The Balaban J connectivity index is 2.73. The van der Waals surface area contributed by atoms with E-state index in [4.69, 9.17) is 9.52 Å². The Bertz CT molecular complexity index is 486. The lowest BCUT2D eigenvalue weighted by Crippen LogP contribution is -2.15. The highest BCUT2D eigenvalue weighted by molar-refractivity contribution is 7.90. The van der Waals surface area contributed by atoms with Gasteiger partial charge in [0.25, 0.3) is 0 Å².